The lowest BCUT2D eigenvalue weighted by atomic mass is 10.0. The van der Waals surface area contributed by atoms with Gasteiger partial charge in [-0.15, -0.1) is 12.3 Å². The second kappa shape index (κ2) is 13.0. The average molecular weight is 457 g/mol. The molecule has 0 radical (unpaired) electrons. The number of benzene rings is 1. The molecule has 1 aromatic rings. The Kier molecular flexibility index (Phi) is 10.8. The third-order valence-electron chi connectivity index (χ3n) is 4.55. The second-order valence-corrected chi connectivity index (χ2v) is 8.59. The lowest BCUT2D eigenvalue weighted by Crippen LogP contribution is -2.51. The van der Waals surface area contributed by atoms with Crippen LogP contribution in [0, 0.1) is 12.3 Å². The highest BCUT2D eigenvalue weighted by molar-refractivity contribution is 7.80. The number of thiocarbonyl (C=S) groups is 1. The van der Waals surface area contributed by atoms with Crippen molar-refractivity contribution in [2.45, 2.75) is 56.7 Å². The van der Waals surface area contributed by atoms with Crippen molar-refractivity contribution in [3.8, 4) is 18.1 Å². The lowest BCUT2D eigenvalue weighted by Gasteiger charge is -2.37. The highest BCUT2D eigenvalue weighted by Gasteiger charge is 2.38. The summed E-state index contributed by atoms with van der Waals surface area (Å²) in [4.78, 5) is 18.1. The molecule has 0 spiro atoms. The number of ether oxygens (including phenoxy) is 2. The van der Waals surface area contributed by atoms with E-state index in [1.54, 1.807) is 24.3 Å². The molecule has 1 fully saturated rings. The molecule has 0 saturated carbocycles. The Morgan fingerprint density at radius 2 is 2.00 bits per heavy atom. The summed E-state index contributed by atoms with van der Waals surface area (Å²) < 4.78 is 11.4. The molecule has 1 aromatic carbocycles. The minimum Gasteiger partial charge on any atom is -0.462 e. The minimum absolute atomic E-state index is 0.174. The Bertz CT molecular complexity index is 700. The van der Waals surface area contributed by atoms with Crippen molar-refractivity contribution in [1.29, 1.82) is 0 Å². The Morgan fingerprint density at radius 1 is 1.27 bits per heavy atom. The minimum atomic E-state index is -2.03. The molecule has 4 unspecified atom stereocenters. The lowest BCUT2D eigenvalue weighted by molar-refractivity contribution is -0.235. The van der Waals surface area contributed by atoms with E-state index < -0.39 is 33.0 Å². The van der Waals surface area contributed by atoms with Gasteiger partial charge in [-0.2, -0.15) is 0 Å². The molecule has 6 N–H and O–H groups in total. The van der Waals surface area contributed by atoms with Crippen molar-refractivity contribution in [1.82, 2.24) is 5.32 Å². The van der Waals surface area contributed by atoms with E-state index >= 15 is 0 Å². The van der Waals surface area contributed by atoms with Gasteiger partial charge in [0.05, 0.1) is 12.2 Å². The number of hydrogen-bond acceptors (Lipinski definition) is 7. The van der Waals surface area contributed by atoms with E-state index in [4.69, 9.17) is 37.9 Å². The summed E-state index contributed by atoms with van der Waals surface area (Å²) in [5.74, 6) is 3.06. The number of unbranched alkanes of at least 4 members (excludes halogenated alkanes) is 2. The number of anilines is 1. The van der Waals surface area contributed by atoms with Crippen LogP contribution in [0.4, 0.5) is 5.69 Å². The van der Waals surface area contributed by atoms with E-state index in [9.17, 15) is 10.2 Å². The Hall–Kier alpha value is -1.50. The van der Waals surface area contributed by atoms with Crippen LogP contribution in [0.2, 0.25) is 0 Å². The molecule has 8 nitrogen and oxygen atoms in total. The van der Waals surface area contributed by atoms with Crippen molar-refractivity contribution >= 4 is 31.4 Å². The van der Waals surface area contributed by atoms with Crippen molar-refractivity contribution in [2.75, 3.05) is 18.0 Å². The molecule has 166 valence electrons. The fourth-order valence-electron chi connectivity index (χ4n) is 2.94. The largest absolute Gasteiger partial charge is 0.462 e. The monoisotopic (exact) mass is 456 g/mol. The predicted octanol–water partition coefficient (Wildman–Crippen LogP) is 1.68. The summed E-state index contributed by atoms with van der Waals surface area (Å²) in [5.41, 5.74) is 0.769. The van der Waals surface area contributed by atoms with E-state index in [0.717, 1.165) is 31.5 Å². The number of rotatable bonds is 10. The molecular weight excluding hydrogens is 427 g/mol. The highest BCUT2D eigenvalue weighted by atomic mass is 32.1. The standard InChI is InChI=1S/C20H29N2O6PS/c1-2-3-4-5-11-21-20(30)22-14-6-8-15(9-7-14)27-19-18(24)17(23)13-16(28-19)10-12-29(25)26/h1,6-9,16-19,23-26H,3-5,10-13H2,(H2,21,22,30). The number of hydrogen-bond donors (Lipinski definition) is 6. The van der Waals surface area contributed by atoms with Gasteiger partial charge in [-0.25, -0.2) is 0 Å². The van der Waals surface area contributed by atoms with Crippen LogP contribution in [0.1, 0.15) is 32.1 Å². The van der Waals surface area contributed by atoms with Crippen LogP contribution in [0.15, 0.2) is 24.3 Å². The number of aliphatic hydroxyl groups excluding tert-OH is 2. The molecule has 0 amide bonds. The first-order valence-corrected chi connectivity index (χ1v) is 11.6. The zero-order valence-electron chi connectivity index (χ0n) is 16.6. The summed E-state index contributed by atoms with van der Waals surface area (Å²) in [6.45, 7) is 0.740. The summed E-state index contributed by atoms with van der Waals surface area (Å²) in [7, 11) is -2.03. The van der Waals surface area contributed by atoms with Crippen LogP contribution in [-0.4, -0.2) is 62.4 Å². The van der Waals surface area contributed by atoms with Gasteiger partial charge in [0.15, 0.2) is 13.5 Å². The molecule has 1 heterocycles. The fraction of sp³-hybridized carbons (Fsp3) is 0.550. The molecule has 10 heteroatoms. The second-order valence-electron chi connectivity index (χ2n) is 6.99. The van der Waals surface area contributed by atoms with Crippen LogP contribution in [0.3, 0.4) is 0 Å². The predicted molar refractivity (Wildman–Crippen MR) is 120 cm³/mol. The summed E-state index contributed by atoms with van der Waals surface area (Å²) in [5, 5.41) is 26.9. The summed E-state index contributed by atoms with van der Waals surface area (Å²) in [6, 6.07) is 6.94. The highest BCUT2D eigenvalue weighted by Crippen LogP contribution is 2.30. The molecule has 0 aliphatic carbocycles. The first-order chi connectivity index (χ1) is 14.4. The smallest absolute Gasteiger partial charge is 0.228 e. The van der Waals surface area contributed by atoms with Crippen LogP contribution in [0.25, 0.3) is 0 Å². The van der Waals surface area contributed by atoms with E-state index in [1.165, 1.54) is 0 Å². The SMILES string of the molecule is C#CCCCCNC(=S)Nc1ccc(OC2OC(CCP(O)O)CC(O)C2O)cc1. The van der Waals surface area contributed by atoms with Gasteiger partial charge in [-0.3, -0.25) is 0 Å². The Morgan fingerprint density at radius 3 is 2.67 bits per heavy atom. The molecule has 1 saturated heterocycles. The van der Waals surface area contributed by atoms with Crippen molar-refractivity contribution in [3.63, 3.8) is 0 Å². The maximum atomic E-state index is 10.2. The first kappa shape index (κ1) is 24.8. The van der Waals surface area contributed by atoms with Gasteiger partial charge in [0.25, 0.3) is 0 Å². The van der Waals surface area contributed by atoms with Gasteiger partial charge in [-0.05, 0) is 55.7 Å². The van der Waals surface area contributed by atoms with Crippen molar-refractivity contribution < 1.29 is 29.5 Å². The average Bonchev–Trinajstić information content (AvgIpc) is 2.71. The van der Waals surface area contributed by atoms with Crippen molar-refractivity contribution in [3.05, 3.63) is 24.3 Å². The molecule has 2 rings (SSSR count). The topological polar surface area (TPSA) is 123 Å². The van der Waals surface area contributed by atoms with E-state index in [2.05, 4.69) is 16.6 Å². The maximum absolute atomic E-state index is 10.2. The quantitative estimate of drug-likeness (QED) is 0.135. The van der Waals surface area contributed by atoms with Gasteiger partial charge in [-0.1, -0.05) is 0 Å². The van der Waals surface area contributed by atoms with Crippen LogP contribution >= 0.6 is 20.6 Å². The molecule has 1 aliphatic heterocycles. The Labute approximate surface area is 183 Å². The van der Waals surface area contributed by atoms with Crippen molar-refractivity contribution in [2.24, 2.45) is 0 Å². The third kappa shape index (κ3) is 8.70. The van der Waals surface area contributed by atoms with Gasteiger partial charge in [0.2, 0.25) is 6.29 Å². The van der Waals surface area contributed by atoms with E-state index in [-0.39, 0.29) is 12.6 Å². The normalized spacial score (nSPS) is 23.6. The number of terminal acetylenes is 1. The summed E-state index contributed by atoms with van der Waals surface area (Å²) in [6.07, 6.45) is 4.91. The van der Waals surface area contributed by atoms with Gasteiger partial charge in [0, 0.05) is 31.2 Å². The zero-order valence-corrected chi connectivity index (χ0v) is 18.3. The fourth-order valence-corrected chi connectivity index (χ4v) is 3.68. The maximum Gasteiger partial charge on any atom is 0.228 e. The van der Waals surface area contributed by atoms with Gasteiger partial charge >= 0.3 is 0 Å². The zero-order chi connectivity index (χ0) is 21.9. The molecule has 1 aliphatic rings. The van der Waals surface area contributed by atoms with Crippen LogP contribution in [0.5, 0.6) is 5.75 Å². The van der Waals surface area contributed by atoms with Gasteiger partial charge in [0.1, 0.15) is 11.9 Å². The van der Waals surface area contributed by atoms with E-state index in [0.29, 0.717) is 17.3 Å². The van der Waals surface area contributed by atoms with Crippen LogP contribution < -0.4 is 15.4 Å². The number of nitrogens with one attached hydrogen (secondary N) is 2. The van der Waals surface area contributed by atoms with Gasteiger partial charge < -0.3 is 40.1 Å². The van der Waals surface area contributed by atoms with E-state index in [1.807, 2.05) is 0 Å². The number of aliphatic hydroxyl groups is 2. The molecule has 0 aromatic heterocycles. The molecular formula is C20H29N2O6PS. The molecule has 30 heavy (non-hydrogen) atoms. The molecule has 0 bridgehead atoms. The third-order valence-corrected chi connectivity index (χ3v) is 5.46. The first-order valence-electron chi connectivity index (χ1n) is 9.81. The Balaban J connectivity index is 1.82. The van der Waals surface area contributed by atoms with Crippen LogP contribution in [-0.2, 0) is 4.74 Å². The summed E-state index contributed by atoms with van der Waals surface area (Å²) >= 11 is 5.25. The molecule has 4 atom stereocenters.